The molecule has 0 saturated carbocycles. The molecule has 0 aliphatic rings. The number of methoxy groups -OCH3 is 1. The van der Waals surface area contributed by atoms with Gasteiger partial charge in [-0.25, -0.2) is 4.98 Å². The van der Waals surface area contributed by atoms with Gasteiger partial charge in [0.1, 0.15) is 12.3 Å². The number of amides is 1. The Kier molecular flexibility index (Phi) is 5.91. The van der Waals surface area contributed by atoms with Gasteiger partial charge in [0.25, 0.3) is 5.56 Å². The second-order valence-corrected chi connectivity index (χ2v) is 6.57. The average Bonchev–Trinajstić information content (AvgIpc) is 2.69. The van der Waals surface area contributed by atoms with Crippen LogP contribution in [0.2, 0.25) is 0 Å². The third kappa shape index (κ3) is 4.86. The molecule has 0 fully saturated rings. The van der Waals surface area contributed by atoms with Gasteiger partial charge in [0.15, 0.2) is 0 Å². The van der Waals surface area contributed by atoms with Crippen LogP contribution in [-0.4, -0.2) is 22.6 Å². The lowest BCUT2D eigenvalue weighted by molar-refractivity contribution is -0.137. The van der Waals surface area contributed by atoms with Crippen molar-refractivity contribution in [2.45, 2.75) is 19.6 Å². The van der Waals surface area contributed by atoms with Gasteiger partial charge in [0, 0.05) is 11.6 Å². The fourth-order valence-corrected chi connectivity index (χ4v) is 2.80. The number of hydrogen-bond acceptors (Lipinski definition) is 4. The van der Waals surface area contributed by atoms with Gasteiger partial charge in [0.2, 0.25) is 5.91 Å². The number of rotatable bonds is 5. The summed E-state index contributed by atoms with van der Waals surface area (Å²) in [6.45, 7) is 1.58. The number of alkyl halides is 3. The molecule has 6 nitrogen and oxygen atoms in total. The molecule has 0 radical (unpaired) electrons. The SMILES string of the molecule is COc1ccc(C)cc1NC(=O)Cn1cnc(-c2ccc(C(F)(F)F)cc2)cc1=O. The van der Waals surface area contributed by atoms with Gasteiger partial charge in [-0.15, -0.1) is 0 Å². The summed E-state index contributed by atoms with van der Waals surface area (Å²) in [6.07, 6.45) is -3.26. The van der Waals surface area contributed by atoms with E-state index in [1.807, 2.05) is 13.0 Å². The molecule has 0 atom stereocenters. The molecule has 2 aromatic carbocycles. The highest BCUT2D eigenvalue weighted by molar-refractivity contribution is 5.92. The van der Waals surface area contributed by atoms with Crippen LogP contribution >= 0.6 is 0 Å². The lowest BCUT2D eigenvalue weighted by Crippen LogP contribution is -2.27. The summed E-state index contributed by atoms with van der Waals surface area (Å²) in [4.78, 5) is 28.8. The van der Waals surface area contributed by atoms with E-state index in [4.69, 9.17) is 4.74 Å². The summed E-state index contributed by atoms with van der Waals surface area (Å²) in [5.41, 5.74) is 0.678. The number of halogens is 3. The normalized spacial score (nSPS) is 11.2. The topological polar surface area (TPSA) is 73.2 Å². The van der Waals surface area contributed by atoms with Crippen LogP contribution in [0.5, 0.6) is 5.75 Å². The third-order valence-electron chi connectivity index (χ3n) is 4.33. The van der Waals surface area contributed by atoms with Crippen LogP contribution in [0.15, 0.2) is 59.7 Å². The van der Waals surface area contributed by atoms with Crippen LogP contribution in [0.1, 0.15) is 11.1 Å². The molecule has 1 heterocycles. The van der Waals surface area contributed by atoms with Crippen LogP contribution in [-0.2, 0) is 17.5 Å². The molecule has 0 bridgehead atoms. The Labute approximate surface area is 170 Å². The number of carbonyl (C=O) groups is 1. The molecular formula is C21H18F3N3O3. The number of aromatic nitrogens is 2. The maximum Gasteiger partial charge on any atom is 0.416 e. The first-order valence-corrected chi connectivity index (χ1v) is 8.86. The Hall–Kier alpha value is -3.62. The fourth-order valence-electron chi connectivity index (χ4n) is 2.80. The van der Waals surface area contributed by atoms with Gasteiger partial charge in [-0.2, -0.15) is 13.2 Å². The van der Waals surface area contributed by atoms with E-state index in [-0.39, 0.29) is 12.2 Å². The van der Waals surface area contributed by atoms with E-state index in [0.717, 1.165) is 22.3 Å². The van der Waals surface area contributed by atoms with E-state index in [1.54, 1.807) is 12.1 Å². The van der Waals surface area contributed by atoms with Gasteiger partial charge in [0.05, 0.1) is 30.4 Å². The van der Waals surface area contributed by atoms with E-state index in [0.29, 0.717) is 17.0 Å². The van der Waals surface area contributed by atoms with Crippen LogP contribution in [0.4, 0.5) is 18.9 Å². The Morgan fingerprint density at radius 3 is 2.43 bits per heavy atom. The zero-order valence-electron chi connectivity index (χ0n) is 16.2. The molecule has 30 heavy (non-hydrogen) atoms. The van der Waals surface area contributed by atoms with Gasteiger partial charge in [-0.1, -0.05) is 18.2 Å². The molecule has 9 heteroatoms. The molecule has 0 aliphatic heterocycles. The molecule has 156 valence electrons. The molecule has 3 aromatic rings. The van der Waals surface area contributed by atoms with Crippen molar-refractivity contribution in [2.24, 2.45) is 0 Å². The quantitative estimate of drug-likeness (QED) is 0.684. The number of nitrogens with zero attached hydrogens (tertiary/aromatic N) is 2. The summed E-state index contributed by atoms with van der Waals surface area (Å²) < 4.78 is 44.3. The lowest BCUT2D eigenvalue weighted by Gasteiger charge is -2.12. The summed E-state index contributed by atoms with van der Waals surface area (Å²) in [7, 11) is 1.48. The van der Waals surface area contributed by atoms with E-state index in [2.05, 4.69) is 10.3 Å². The number of aryl methyl sites for hydroxylation is 1. The molecule has 1 amide bonds. The monoisotopic (exact) mass is 417 g/mol. The zero-order valence-corrected chi connectivity index (χ0v) is 16.2. The third-order valence-corrected chi connectivity index (χ3v) is 4.33. The summed E-state index contributed by atoms with van der Waals surface area (Å²) in [6, 6.07) is 10.8. The maximum absolute atomic E-state index is 12.7. The standard InChI is InChI=1S/C21H18F3N3O3/c1-13-3-8-18(30-2)17(9-13)26-19(28)11-27-12-25-16(10-20(27)29)14-4-6-15(7-5-14)21(22,23)24/h3-10,12H,11H2,1-2H3,(H,26,28). The number of benzene rings is 2. The average molecular weight is 417 g/mol. The van der Waals surface area contributed by atoms with Crippen LogP contribution in [0.25, 0.3) is 11.3 Å². The molecule has 3 rings (SSSR count). The molecule has 0 aliphatic carbocycles. The van der Waals surface area contributed by atoms with E-state index >= 15 is 0 Å². The summed E-state index contributed by atoms with van der Waals surface area (Å²) >= 11 is 0. The number of nitrogens with one attached hydrogen (secondary N) is 1. The summed E-state index contributed by atoms with van der Waals surface area (Å²) in [5.74, 6) is 0.0298. The number of carbonyl (C=O) groups excluding carboxylic acids is 1. The van der Waals surface area contributed by atoms with E-state index < -0.39 is 23.2 Å². The molecule has 1 N–H and O–H groups in total. The van der Waals surface area contributed by atoms with Crippen molar-refractivity contribution in [3.63, 3.8) is 0 Å². The van der Waals surface area contributed by atoms with Crippen molar-refractivity contribution >= 4 is 11.6 Å². The Morgan fingerprint density at radius 1 is 1.13 bits per heavy atom. The van der Waals surface area contributed by atoms with Crippen LogP contribution in [0.3, 0.4) is 0 Å². The Balaban J connectivity index is 1.75. The second-order valence-electron chi connectivity index (χ2n) is 6.57. The van der Waals surface area contributed by atoms with Crippen molar-refractivity contribution in [2.75, 3.05) is 12.4 Å². The fraction of sp³-hybridized carbons (Fsp3) is 0.190. The van der Waals surface area contributed by atoms with Crippen LogP contribution < -0.4 is 15.6 Å². The van der Waals surface area contributed by atoms with Crippen molar-refractivity contribution < 1.29 is 22.7 Å². The lowest BCUT2D eigenvalue weighted by atomic mass is 10.1. The van der Waals surface area contributed by atoms with Gasteiger partial charge >= 0.3 is 6.18 Å². The van der Waals surface area contributed by atoms with Gasteiger partial charge < -0.3 is 10.1 Å². The van der Waals surface area contributed by atoms with E-state index in [1.165, 1.54) is 31.6 Å². The van der Waals surface area contributed by atoms with Crippen LogP contribution in [0, 0.1) is 6.92 Å². The van der Waals surface area contributed by atoms with E-state index in [9.17, 15) is 22.8 Å². The van der Waals surface area contributed by atoms with Crippen molar-refractivity contribution in [1.82, 2.24) is 9.55 Å². The summed E-state index contributed by atoms with van der Waals surface area (Å²) in [5, 5.41) is 2.69. The zero-order chi connectivity index (χ0) is 21.9. The molecular weight excluding hydrogens is 399 g/mol. The molecule has 0 saturated heterocycles. The number of anilines is 1. The highest BCUT2D eigenvalue weighted by Crippen LogP contribution is 2.30. The first kappa shape index (κ1) is 21.1. The Bertz CT molecular complexity index is 1120. The first-order chi connectivity index (χ1) is 14.2. The molecule has 0 unspecified atom stereocenters. The Morgan fingerprint density at radius 2 is 1.83 bits per heavy atom. The maximum atomic E-state index is 12.7. The minimum absolute atomic E-state index is 0.214. The second kappa shape index (κ2) is 8.40. The highest BCUT2D eigenvalue weighted by Gasteiger charge is 2.30. The molecule has 1 aromatic heterocycles. The van der Waals surface area contributed by atoms with Gasteiger partial charge in [-0.3, -0.25) is 14.2 Å². The van der Waals surface area contributed by atoms with Crippen molar-refractivity contribution in [3.8, 4) is 17.0 Å². The molecule has 0 spiro atoms. The smallest absolute Gasteiger partial charge is 0.416 e. The van der Waals surface area contributed by atoms with Crippen molar-refractivity contribution in [1.29, 1.82) is 0 Å². The highest BCUT2D eigenvalue weighted by atomic mass is 19.4. The minimum atomic E-state index is -4.44. The predicted octanol–water partition coefficient (Wildman–Crippen LogP) is 3.88. The first-order valence-electron chi connectivity index (χ1n) is 8.86. The van der Waals surface area contributed by atoms with Crippen molar-refractivity contribution in [3.05, 3.63) is 76.3 Å². The largest absolute Gasteiger partial charge is 0.495 e. The van der Waals surface area contributed by atoms with Gasteiger partial charge in [-0.05, 0) is 36.8 Å². The number of hydrogen-bond donors (Lipinski definition) is 1. The minimum Gasteiger partial charge on any atom is -0.495 e. The number of ether oxygens (including phenoxy) is 1. The predicted molar refractivity (Wildman–Crippen MR) is 105 cm³/mol.